The van der Waals surface area contributed by atoms with E-state index in [2.05, 4.69) is 5.32 Å². The number of nitrogens with zero attached hydrogens (tertiary/aromatic N) is 1. The van der Waals surface area contributed by atoms with Gasteiger partial charge in [-0.1, -0.05) is 0 Å². The lowest BCUT2D eigenvalue weighted by Gasteiger charge is -2.02. The Morgan fingerprint density at radius 1 is 1.38 bits per heavy atom. The molecule has 1 aliphatic carbocycles. The molecule has 0 amide bonds. The maximum atomic E-state index is 4.75. The van der Waals surface area contributed by atoms with Crippen molar-refractivity contribution in [3.05, 3.63) is 15.6 Å². The largest absolute Gasteiger partial charge is 0.316 e. The quantitative estimate of drug-likeness (QED) is 0.736. The van der Waals surface area contributed by atoms with Crippen LogP contribution in [-0.4, -0.2) is 18.1 Å². The van der Waals surface area contributed by atoms with Crippen molar-refractivity contribution in [3.8, 4) is 0 Å². The minimum atomic E-state index is 0.718. The lowest BCUT2D eigenvalue weighted by molar-refractivity contribution is 0.748. The van der Waals surface area contributed by atoms with Gasteiger partial charge in [0.15, 0.2) is 0 Å². The molecule has 1 atom stereocenters. The lowest BCUT2D eigenvalue weighted by Crippen LogP contribution is -2.07. The first kappa shape index (κ1) is 7.94. The van der Waals surface area contributed by atoms with Gasteiger partial charge >= 0.3 is 0 Å². The van der Waals surface area contributed by atoms with Crippen LogP contribution < -0.4 is 5.32 Å². The third kappa shape index (κ3) is 1.30. The zero-order valence-electron chi connectivity index (χ0n) is 7.68. The minimum Gasteiger partial charge on any atom is -0.316 e. The summed E-state index contributed by atoms with van der Waals surface area (Å²) in [6, 6.07) is 0. The Bertz CT molecular complexity index is 291. The number of aromatic nitrogens is 1. The second-order valence-electron chi connectivity index (χ2n) is 3.97. The molecular weight excluding hydrogens is 180 g/mol. The van der Waals surface area contributed by atoms with E-state index >= 15 is 0 Å². The van der Waals surface area contributed by atoms with Gasteiger partial charge in [-0.25, -0.2) is 4.98 Å². The Balaban J connectivity index is 1.88. The number of hydrogen-bond acceptors (Lipinski definition) is 3. The molecule has 0 spiro atoms. The molecule has 2 heterocycles. The third-order valence-electron chi connectivity index (χ3n) is 3.02. The van der Waals surface area contributed by atoms with Crippen LogP contribution >= 0.6 is 11.3 Å². The molecule has 2 nitrogen and oxygen atoms in total. The molecule has 1 aliphatic heterocycles. The molecule has 13 heavy (non-hydrogen) atoms. The Hall–Kier alpha value is -0.410. The van der Waals surface area contributed by atoms with Crippen LogP contribution in [0.25, 0.3) is 0 Å². The van der Waals surface area contributed by atoms with Gasteiger partial charge in [0.25, 0.3) is 0 Å². The molecule has 3 heteroatoms. The maximum absolute atomic E-state index is 4.75. The molecule has 0 bridgehead atoms. The SMILES string of the molecule is C1Cc2nc(C3CCNC3)sc2C1. The number of thiazole rings is 1. The van der Waals surface area contributed by atoms with E-state index in [0.29, 0.717) is 0 Å². The molecule has 2 aliphatic rings. The van der Waals surface area contributed by atoms with Gasteiger partial charge in [-0.3, -0.25) is 0 Å². The summed E-state index contributed by atoms with van der Waals surface area (Å²) in [5, 5.41) is 4.80. The topological polar surface area (TPSA) is 24.9 Å². The van der Waals surface area contributed by atoms with Crippen molar-refractivity contribution in [1.82, 2.24) is 10.3 Å². The Morgan fingerprint density at radius 2 is 2.38 bits per heavy atom. The van der Waals surface area contributed by atoms with Crippen LogP contribution in [0.1, 0.15) is 34.3 Å². The fourth-order valence-corrected chi connectivity index (χ4v) is 3.54. The van der Waals surface area contributed by atoms with Crippen molar-refractivity contribution >= 4 is 11.3 Å². The summed E-state index contributed by atoms with van der Waals surface area (Å²) in [4.78, 5) is 6.32. The van der Waals surface area contributed by atoms with E-state index in [9.17, 15) is 0 Å². The molecule has 1 saturated heterocycles. The molecule has 1 unspecified atom stereocenters. The van der Waals surface area contributed by atoms with Crippen molar-refractivity contribution in [1.29, 1.82) is 0 Å². The van der Waals surface area contributed by atoms with Crippen molar-refractivity contribution in [2.45, 2.75) is 31.6 Å². The van der Waals surface area contributed by atoms with E-state index in [1.807, 2.05) is 11.3 Å². The molecule has 1 aromatic heterocycles. The highest BCUT2D eigenvalue weighted by Gasteiger charge is 2.23. The number of aryl methyl sites for hydroxylation is 2. The zero-order valence-corrected chi connectivity index (χ0v) is 8.49. The van der Waals surface area contributed by atoms with Crippen LogP contribution in [0.2, 0.25) is 0 Å². The monoisotopic (exact) mass is 194 g/mol. The Morgan fingerprint density at radius 3 is 3.15 bits per heavy atom. The predicted octanol–water partition coefficient (Wildman–Crippen LogP) is 1.71. The maximum Gasteiger partial charge on any atom is 0.0975 e. The normalized spacial score (nSPS) is 26.6. The lowest BCUT2D eigenvalue weighted by atomic mass is 10.1. The van der Waals surface area contributed by atoms with Gasteiger partial charge in [0, 0.05) is 17.3 Å². The molecule has 3 rings (SSSR count). The summed E-state index contributed by atoms with van der Waals surface area (Å²) in [5.74, 6) is 0.718. The van der Waals surface area contributed by atoms with Gasteiger partial charge in [-0.15, -0.1) is 11.3 Å². The summed E-state index contributed by atoms with van der Waals surface area (Å²) in [7, 11) is 0. The average molecular weight is 194 g/mol. The van der Waals surface area contributed by atoms with Crippen LogP contribution in [0.3, 0.4) is 0 Å². The second-order valence-corrected chi connectivity index (χ2v) is 5.08. The van der Waals surface area contributed by atoms with Crippen LogP contribution in [0.4, 0.5) is 0 Å². The average Bonchev–Trinajstić information content (AvgIpc) is 2.78. The van der Waals surface area contributed by atoms with Crippen LogP contribution in [0.15, 0.2) is 0 Å². The molecule has 1 aromatic rings. The predicted molar refractivity (Wildman–Crippen MR) is 54.4 cm³/mol. The molecule has 0 saturated carbocycles. The first-order valence-electron chi connectivity index (χ1n) is 5.12. The molecule has 1 fully saturated rings. The summed E-state index contributed by atoms with van der Waals surface area (Å²) in [6.45, 7) is 2.32. The Labute approximate surface area is 82.4 Å². The van der Waals surface area contributed by atoms with Gasteiger partial charge in [0.05, 0.1) is 10.7 Å². The summed E-state index contributed by atoms with van der Waals surface area (Å²) < 4.78 is 0. The van der Waals surface area contributed by atoms with Gasteiger partial charge in [0.1, 0.15) is 0 Å². The van der Waals surface area contributed by atoms with Crippen LogP contribution in [-0.2, 0) is 12.8 Å². The standard InChI is InChI=1S/C10H14N2S/c1-2-8-9(3-1)13-10(12-8)7-4-5-11-6-7/h7,11H,1-6H2. The van der Waals surface area contributed by atoms with Crippen molar-refractivity contribution < 1.29 is 0 Å². The van der Waals surface area contributed by atoms with E-state index in [1.54, 1.807) is 4.88 Å². The van der Waals surface area contributed by atoms with E-state index in [1.165, 1.54) is 42.9 Å². The molecule has 70 valence electrons. The minimum absolute atomic E-state index is 0.718. The number of nitrogens with one attached hydrogen (secondary N) is 1. The van der Waals surface area contributed by atoms with Gasteiger partial charge in [-0.05, 0) is 32.2 Å². The molecular formula is C10H14N2S. The number of hydrogen-bond donors (Lipinski definition) is 1. The first-order chi connectivity index (χ1) is 6.43. The zero-order chi connectivity index (χ0) is 8.67. The highest BCUT2D eigenvalue weighted by atomic mass is 32.1. The smallest absolute Gasteiger partial charge is 0.0975 e. The van der Waals surface area contributed by atoms with E-state index in [-0.39, 0.29) is 0 Å². The molecule has 0 aromatic carbocycles. The fraction of sp³-hybridized carbons (Fsp3) is 0.700. The van der Waals surface area contributed by atoms with Gasteiger partial charge in [-0.2, -0.15) is 0 Å². The fourth-order valence-electron chi connectivity index (χ4n) is 2.25. The highest BCUT2D eigenvalue weighted by Crippen LogP contribution is 2.33. The number of rotatable bonds is 1. The van der Waals surface area contributed by atoms with Crippen molar-refractivity contribution in [2.75, 3.05) is 13.1 Å². The first-order valence-corrected chi connectivity index (χ1v) is 5.94. The van der Waals surface area contributed by atoms with E-state index in [0.717, 1.165) is 12.5 Å². The summed E-state index contributed by atoms with van der Waals surface area (Å²) in [6.07, 6.45) is 5.13. The van der Waals surface area contributed by atoms with Crippen molar-refractivity contribution in [3.63, 3.8) is 0 Å². The van der Waals surface area contributed by atoms with E-state index < -0.39 is 0 Å². The highest BCUT2D eigenvalue weighted by molar-refractivity contribution is 7.11. The molecule has 0 radical (unpaired) electrons. The Kier molecular flexibility index (Phi) is 1.87. The summed E-state index contributed by atoms with van der Waals surface area (Å²) in [5.41, 5.74) is 1.41. The van der Waals surface area contributed by atoms with Crippen molar-refractivity contribution in [2.24, 2.45) is 0 Å². The summed E-state index contributed by atoms with van der Waals surface area (Å²) >= 11 is 1.97. The van der Waals surface area contributed by atoms with Gasteiger partial charge in [0.2, 0.25) is 0 Å². The second kappa shape index (κ2) is 3.07. The van der Waals surface area contributed by atoms with E-state index in [4.69, 9.17) is 4.98 Å². The molecule has 1 N–H and O–H groups in total. The van der Waals surface area contributed by atoms with Crippen LogP contribution in [0, 0.1) is 0 Å². The third-order valence-corrected chi connectivity index (χ3v) is 4.34. The van der Waals surface area contributed by atoms with Crippen LogP contribution in [0.5, 0.6) is 0 Å². The van der Waals surface area contributed by atoms with Gasteiger partial charge < -0.3 is 5.32 Å². The number of fused-ring (bicyclic) bond motifs is 1.